The summed E-state index contributed by atoms with van der Waals surface area (Å²) in [6, 6.07) is 5.21. The molecule has 6 nitrogen and oxygen atoms in total. The molecule has 4 rings (SSSR count). The summed E-state index contributed by atoms with van der Waals surface area (Å²) in [6.07, 6.45) is 5.05. The Bertz CT molecular complexity index is 761. The predicted molar refractivity (Wildman–Crippen MR) is 104 cm³/mol. The highest BCUT2D eigenvalue weighted by Gasteiger charge is 2.40. The Labute approximate surface area is 165 Å². The van der Waals surface area contributed by atoms with E-state index in [1.807, 2.05) is 11.8 Å². The maximum Gasteiger partial charge on any atom is 0.261 e. The third-order valence-corrected chi connectivity index (χ3v) is 5.76. The van der Waals surface area contributed by atoms with Crippen LogP contribution in [0.4, 0.5) is 0 Å². The molecule has 2 aliphatic heterocycles. The van der Waals surface area contributed by atoms with Gasteiger partial charge < -0.3 is 10.2 Å². The zero-order valence-electron chi connectivity index (χ0n) is 15.6. The van der Waals surface area contributed by atoms with Gasteiger partial charge in [-0.3, -0.25) is 19.3 Å². The summed E-state index contributed by atoms with van der Waals surface area (Å²) < 4.78 is 0. The Kier molecular flexibility index (Phi) is 5.86. The average Bonchev–Trinajstić information content (AvgIpc) is 2.92. The largest absolute Gasteiger partial charge is 0.336 e. The van der Waals surface area contributed by atoms with Crippen LogP contribution in [0.2, 0.25) is 0 Å². The number of carbonyl (C=O) groups excluding carboxylic acids is 3. The highest BCUT2D eigenvalue weighted by molar-refractivity contribution is 6.22. The molecule has 7 heteroatoms. The summed E-state index contributed by atoms with van der Waals surface area (Å²) in [5.74, 6) is -0.510. The highest BCUT2D eigenvalue weighted by atomic mass is 35.5. The standard InChI is InChI=1S/C20H25N3O3.ClH/c1-13-12-22(10-9-21-13)18(24)14-7-8-16-17(11-14)20(26)23(19(16)25)15-5-3-2-4-6-15;/h7-8,11,13,15,21H,2-6,9-10,12H2,1H3;1H. The van der Waals surface area contributed by atoms with E-state index in [2.05, 4.69) is 5.32 Å². The Balaban J connectivity index is 0.00000210. The molecule has 1 N–H and O–H groups in total. The van der Waals surface area contributed by atoms with Gasteiger partial charge in [0.15, 0.2) is 0 Å². The molecule has 2 heterocycles. The molecule has 0 spiro atoms. The number of rotatable bonds is 2. The maximum atomic E-state index is 12.9. The first-order valence-electron chi connectivity index (χ1n) is 9.61. The summed E-state index contributed by atoms with van der Waals surface area (Å²) in [6.45, 7) is 4.12. The number of nitrogens with one attached hydrogen (secondary N) is 1. The van der Waals surface area contributed by atoms with Gasteiger partial charge in [0.1, 0.15) is 0 Å². The second-order valence-electron chi connectivity index (χ2n) is 7.64. The monoisotopic (exact) mass is 391 g/mol. The second kappa shape index (κ2) is 7.98. The molecule has 1 aromatic rings. The fourth-order valence-corrected chi connectivity index (χ4v) is 4.36. The van der Waals surface area contributed by atoms with E-state index in [1.54, 1.807) is 18.2 Å². The van der Waals surface area contributed by atoms with Gasteiger partial charge in [0, 0.05) is 37.3 Å². The second-order valence-corrected chi connectivity index (χ2v) is 7.64. The number of piperazine rings is 1. The fourth-order valence-electron chi connectivity index (χ4n) is 4.36. The van der Waals surface area contributed by atoms with Crippen LogP contribution < -0.4 is 5.32 Å². The molecule has 0 radical (unpaired) electrons. The van der Waals surface area contributed by atoms with Crippen molar-refractivity contribution in [3.8, 4) is 0 Å². The van der Waals surface area contributed by atoms with Gasteiger partial charge >= 0.3 is 0 Å². The number of hydrogen-bond acceptors (Lipinski definition) is 4. The topological polar surface area (TPSA) is 69.7 Å². The number of halogens is 1. The van der Waals surface area contributed by atoms with Gasteiger partial charge in [-0.25, -0.2) is 0 Å². The summed E-state index contributed by atoms with van der Waals surface area (Å²) in [7, 11) is 0. The molecule has 1 aromatic carbocycles. The highest BCUT2D eigenvalue weighted by Crippen LogP contribution is 2.31. The van der Waals surface area contributed by atoms with Crippen molar-refractivity contribution in [2.75, 3.05) is 19.6 Å². The van der Waals surface area contributed by atoms with Crippen molar-refractivity contribution in [3.05, 3.63) is 34.9 Å². The van der Waals surface area contributed by atoms with E-state index in [9.17, 15) is 14.4 Å². The lowest BCUT2D eigenvalue weighted by atomic mass is 9.94. The van der Waals surface area contributed by atoms with E-state index in [4.69, 9.17) is 0 Å². The zero-order chi connectivity index (χ0) is 18.3. The van der Waals surface area contributed by atoms with Crippen LogP contribution in [0.5, 0.6) is 0 Å². The Morgan fingerprint density at radius 1 is 1.07 bits per heavy atom. The Morgan fingerprint density at radius 2 is 1.78 bits per heavy atom. The molecule has 1 unspecified atom stereocenters. The van der Waals surface area contributed by atoms with Gasteiger partial charge in [-0.05, 0) is 38.0 Å². The maximum absolute atomic E-state index is 12.9. The molecule has 0 bridgehead atoms. The van der Waals surface area contributed by atoms with Gasteiger partial charge in [0.2, 0.25) is 0 Å². The number of benzene rings is 1. The fraction of sp³-hybridized carbons (Fsp3) is 0.550. The molecule has 146 valence electrons. The van der Waals surface area contributed by atoms with E-state index in [1.165, 1.54) is 11.3 Å². The van der Waals surface area contributed by atoms with Crippen molar-refractivity contribution in [2.24, 2.45) is 0 Å². The molecule has 0 aromatic heterocycles. The first-order chi connectivity index (χ1) is 12.6. The van der Waals surface area contributed by atoms with E-state index in [-0.39, 0.29) is 42.2 Å². The smallest absolute Gasteiger partial charge is 0.261 e. The van der Waals surface area contributed by atoms with Crippen LogP contribution in [0.3, 0.4) is 0 Å². The first kappa shape index (κ1) is 19.8. The zero-order valence-corrected chi connectivity index (χ0v) is 16.4. The number of nitrogens with zero attached hydrogens (tertiary/aromatic N) is 2. The molecular formula is C20H26ClN3O3. The van der Waals surface area contributed by atoms with Crippen LogP contribution >= 0.6 is 12.4 Å². The minimum absolute atomic E-state index is 0. The number of fused-ring (bicyclic) bond motifs is 1. The van der Waals surface area contributed by atoms with Gasteiger partial charge in [-0.15, -0.1) is 12.4 Å². The summed E-state index contributed by atoms with van der Waals surface area (Å²) in [4.78, 5) is 41.7. The Morgan fingerprint density at radius 3 is 2.48 bits per heavy atom. The third kappa shape index (κ3) is 3.60. The molecule has 1 aliphatic carbocycles. The van der Waals surface area contributed by atoms with E-state index in [0.29, 0.717) is 29.8 Å². The van der Waals surface area contributed by atoms with Crippen molar-refractivity contribution in [3.63, 3.8) is 0 Å². The van der Waals surface area contributed by atoms with Crippen LogP contribution in [-0.2, 0) is 0 Å². The van der Waals surface area contributed by atoms with Crippen molar-refractivity contribution >= 4 is 30.1 Å². The predicted octanol–water partition coefficient (Wildman–Crippen LogP) is 2.47. The number of carbonyl (C=O) groups is 3. The van der Waals surface area contributed by atoms with Gasteiger partial charge in [-0.1, -0.05) is 19.3 Å². The molecule has 3 aliphatic rings. The first-order valence-corrected chi connectivity index (χ1v) is 9.61. The lowest BCUT2D eigenvalue weighted by Gasteiger charge is -2.32. The van der Waals surface area contributed by atoms with Gasteiger partial charge in [0.05, 0.1) is 11.1 Å². The minimum Gasteiger partial charge on any atom is -0.336 e. The molecule has 3 amide bonds. The number of amides is 3. The van der Waals surface area contributed by atoms with E-state index in [0.717, 1.165) is 32.2 Å². The van der Waals surface area contributed by atoms with Crippen molar-refractivity contribution in [1.82, 2.24) is 15.1 Å². The number of hydrogen-bond donors (Lipinski definition) is 1. The van der Waals surface area contributed by atoms with E-state index >= 15 is 0 Å². The quantitative estimate of drug-likeness (QED) is 0.786. The normalized spacial score (nSPS) is 23.2. The third-order valence-electron chi connectivity index (χ3n) is 5.76. The van der Waals surface area contributed by atoms with Gasteiger partial charge in [0.25, 0.3) is 17.7 Å². The van der Waals surface area contributed by atoms with Crippen LogP contribution in [0, 0.1) is 0 Å². The van der Waals surface area contributed by atoms with Crippen molar-refractivity contribution < 1.29 is 14.4 Å². The molecule has 1 atom stereocenters. The lowest BCUT2D eigenvalue weighted by molar-refractivity contribution is 0.0548. The summed E-state index contributed by atoms with van der Waals surface area (Å²) in [5.41, 5.74) is 1.31. The van der Waals surface area contributed by atoms with Crippen LogP contribution in [0.15, 0.2) is 18.2 Å². The summed E-state index contributed by atoms with van der Waals surface area (Å²) >= 11 is 0. The van der Waals surface area contributed by atoms with E-state index < -0.39 is 0 Å². The van der Waals surface area contributed by atoms with Crippen LogP contribution in [0.25, 0.3) is 0 Å². The summed E-state index contributed by atoms with van der Waals surface area (Å²) in [5, 5.41) is 3.32. The molecule has 27 heavy (non-hydrogen) atoms. The van der Waals surface area contributed by atoms with Crippen molar-refractivity contribution in [2.45, 2.75) is 51.1 Å². The average molecular weight is 392 g/mol. The van der Waals surface area contributed by atoms with Crippen LogP contribution in [0.1, 0.15) is 70.1 Å². The van der Waals surface area contributed by atoms with Gasteiger partial charge in [-0.2, -0.15) is 0 Å². The molecule has 1 saturated heterocycles. The Hall–Kier alpha value is -1.92. The minimum atomic E-state index is -0.236. The number of imide groups is 1. The SMILES string of the molecule is CC1CN(C(=O)c2ccc3c(c2)C(=O)N(C2CCCCC2)C3=O)CCN1.Cl. The van der Waals surface area contributed by atoms with Crippen molar-refractivity contribution in [1.29, 1.82) is 0 Å². The molecule has 2 fully saturated rings. The molecule has 1 saturated carbocycles. The molecular weight excluding hydrogens is 366 g/mol. The van der Waals surface area contributed by atoms with Crippen LogP contribution in [-0.4, -0.2) is 59.2 Å². The lowest BCUT2D eigenvalue weighted by Crippen LogP contribution is -2.51.